The molecule has 2 N–H and O–H groups in total. The zero-order valence-electron chi connectivity index (χ0n) is 10.4. The second kappa shape index (κ2) is 7.00. The lowest BCUT2D eigenvalue weighted by Gasteiger charge is -2.25. The first-order valence-corrected chi connectivity index (χ1v) is 6.06. The highest BCUT2D eigenvalue weighted by Crippen LogP contribution is 2.20. The van der Waals surface area contributed by atoms with E-state index < -0.39 is 5.97 Å². The van der Waals surface area contributed by atoms with Crippen molar-refractivity contribution in [2.24, 2.45) is 5.92 Å². The van der Waals surface area contributed by atoms with E-state index in [9.17, 15) is 9.59 Å². The SMILES string of the molecule is C=CCN(CC(=O)O)C(=O)N1CCC(CCO)C1. The lowest BCUT2D eigenvalue weighted by atomic mass is 10.1. The van der Waals surface area contributed by atoms with E-state index in [-0.39, 0.29) is 25.7 Å². The number of hydrogen-bond acceptors (Lipinski definition) is 3. The second-order valence-corrected chi connectivity index (χ2v) is 4.46. The van der Waals surface area contributed by atoms with Gasteiger partial charge in [-0.25, -0.2) is 4.79 Å². The van der Waals surface area contributed by atoms with Gasteiger partial charge in [-0.2, -0.15) is 0 Å². The van der Waals surface area contributed by atoms with Gasteiger partial charge in [-0.1, -0.05) is 6.08 Å². The van der Waals surface area contributed by atoms with Crippen LogP contribution in [0.4, 0.5) is 4.79 Å². The summed E-state index contributed by atoms with van der Waals surface area (Å²) in [6.07, 6.45) is 3.06. The smallest absolute Gasteiger partial charge is 0.323 e. The Morgan fingerprint density at radius 1 is 1.50 bits per heavy atom. The molecule has 6 heteroatoms. The molecule has 2 amide bonds. The third kappa shape index (κ3) is 4.03. The maximum atomic E-state index is 12.1. The summed E-state index contributed by atoms with van der Waals surface area (Å²) in [6.45, 7) is 4.77. The maximum absolute atomic E-state index is 12.1. The van der Waals surface area contributed by atoms with Crippen LogP contribution in [0.2, 0.25) is 0 Å². The summed E-state index contributed by atoms with van der Waals surface area (Å²) in [5.41, 5.74) is 0. The Bertz CT molecular complexity index is 319. The monoisotopic (exact) mass is 256 g/mol. The zero-order chi connectivity index (χ0) is 13.5. The summed E-state index contributed by atoms with van der Waals surface area (Å²) in [5, 5.41) is 17.6. The standard InChI is InChI=1S/C12H20N2O4/c1-2-5-13(9-11(16)17)12(18)14-6-3-10(8-14)4-7-15/h2,10,15H,1,3-9H2,(H,16,17). The van der Waals surface area contributed by atoms with Crippen molar-refractivity contribution in [3.05, 3.63) is 12.7 Å². The largest absolute Gasteiger partial charge is 0.480 e. The minimum atomic E-state index is -1.03. The number of hydrogen-bond donors (Lipinski definition) is 2. The number of urea groups is 1. The number of carboxylic acid groups (broad SMARTS) is 1. The molecule has 1 saturated heterocycles. The Labute approximate surface area is 106 Å². The van der Waals surface area contributed by atoms with Crippen molar-refractivity contribution < 1.29 is 19.8 Å². The highest BCUT2D eigenvalue weighted by molar-refractivity contribution is 5.80. The first kappa shape index (κ1) is 14.5. The molecule has 0 aliphatic carbocycles. The summed E-state index contributed by atoms with van der Waals surface area (Å²) in [5.74, 6) is -0.717. The highest BCUT2D eigenvalue weighted by atomic mass is 16.4. The number of aliphatic hydroxyl groups is 1. The predicted molar refractivity (Wildman–Crippen MR) is 66.2 cm³/mol. The Kier molecular flexibility index (Phi) is 5.64. The highest BCUT2D eigenvalue weighted by Gasteiger charge is 2.29. The van der Waals surface area contributed by atoms with Crippen LogP contribution in [0.5, 0.6) is 0 Å². The summed E-state index contributed by atoms with van der Waals surface area (Å²) in [4.78, 5) is 25.7. The van der Waals surface area contributed by atoms with Crippen LogP contribution in [0.3, 0.4) is 0 Å². The van der Waals surface area contributed by atoms with Crippen LogP contribution in [0, 0.1) is 5.92 Å². The number of amides is 2. The van der Waals surface area contributed by atoms with Crippen LogP contribution in [-0.2, 0) is 4.79 Å². The van der Waals surface area contributed by atoms with Crippen LogP contribution < -0.4 is 0 Å². The molecule has 6 nitrogen and oxygen atoms in total. The van der Waals surface area contributed by atoms with Crippen molar-refractivity contribution in [1.82, 2.24) is 9.80 Å². The van der Waals surface area contributed by atoms with Crippen molar-refractivity contribution in [3.8, 4) is 0 Å². The van der Waals surface area contributed by atoms with Gasteiger partial charge in [0, 0.05) is 26.2 Å². The minimum absolute atomic E-state index is 0.123. The molecule has 0 saturated carbocycles. The van der Waals surface area contributed by atoms with Crippen LogP contribution in [0.25, 0.3) is 0 Å². The molecular weight excluding hydrogens is 236 g/mol. The van der Waals surface area contributed by atoms with Gasteiger partial charge < -0.3 is 20.0 Å². The molecule has 102 valence electrons. The molecule has 18 heavy (non-hydrogen) atoms. The van der Waals surface area contributed by atoms with Crippen molar-refractivity contribution in [2.45, 2.75) is 12.8 Å². The van der Waals surface area contributed by atoms with Crippen LogP contribution >= 0.6 is 0 Å². The molecule has 1 atom stereocenters. The number of aliphatic carboxylic acids is 1. The molecule has 1 aliphatic rings. The number of carbonyl (C=O) groups excluding carboxylic acids is 1. The zero-order valence-corrected chi connectivity index (χ0v) is 10.4. The van der Waals surface area contributed by atoms with E-state index in [0.29, 0.717) is 25.4 Å². The Hall–Kier alpha value is -1.56. The van der Waals surface area contributed by atoms with Gasteiger partial charge in [-0.3, -0.25) is 4.79 Å². The third-order valence-electron chi connectivity index (χ3n) is 3.04. The quantitative estimate of drug-likeness (QED) is 0.673. The molecule has 1 unspecified atom stereocenters. The van der Waals surface area contributed by atoms with E-state index in [0.717, 1.165) is 6.42 Å². The third-order valence-corrected chi connectivity index (χ3v) is 3.04. The van der Waals surface area contributed by atoms with Crippen molar-refractivity contribution >= 4 is 12.0 Å². The minimum Gasteiger partial charge on any atom is -0.480 e. The van der Waals surface area contributed by atoms with Gasteiger partial charge in [-0.15, -0.1) is 6.58 Å². The number of carboxylic acids is 1. The molecule has 1 aliphatic heterocycles. The fraction of sp³-hybridized carbons (Fsp3) is 0.667. The normalized spacial score (nSPS) is 18.7. The van der Waals surface area contributed by atoms with Crippen LogP contribution in [-0.4, -0.2) is 64.8 Å². The first-order valence-electron chi connectivity index (χ1n) is 6.06. The molecule has 0 spiro atoms. The topological polar surface area (TPSA) is 81.1 Å². The summed E-state index contributed by atoms with van der Waals surface area (Å²) in [7, 11) is 0. The van der Waals surface area contributed by atoms with E-state index in [1.54, 1.807) is 4.90 Å². The van der Waals surface area contributed by atoms with E-state index in [1.165, 1.54) is 11.0 Å². The van der Waals surface area contributed by atoms with Gasteiger partial charge in [0.25, 0.3) is 0 Å². The molecule has 1 fully saturated rings. The van der Waals surface area contributed by atoms with Crippen molar-refractivity contribution in [2.75, 3.05) is 32.8 Å². The lowest BCUT2D eigenvalue weighted by molar-refractivity contribution is -0.137. The maximum Gasteiger partial charge on any atom is 0.323 e. The van der Waals surface area contributed by atoms with Gasteiger partial charge in [0.2, 0.25) is 0 Å². The number of likely N-dealkylation sites (tertiary alicyclic amines) is 1. The number of nitrogens with zero attached hydrogens (tertiary/aromatic N) is 2. The van der Waals surface area contributed by atoms with E-state index >= 15 is 0 Å². The van der Waals surface area contributed by atoms with Gasteiger partial charge in [0.1, 0.15) is 6.54 Å². The fourth-order valence-electron chi connectivity index (χ4n) is 2.15. The molecule has 0 radical (unpaired) electrons. The predicted octanol–water partition coefficient (Wildman–Crippen LogP) is 0.383. The molecule has 0 bridgehead atoms. The van der Waals surface area contributed by atoms with Gasteiger partial charge in [-0.05, 0) is 18.8 Å². The van der Waals surface area contributed by atoms with Gasteiger partial charge in [0.15, 0.2) is 0 Å². The van der Waals surface area contributed by atoms with E-state index in [2.05, 4.69) is 6.58 Å². The Morgan fingerprint density at radius 3 is 2.78 bits per heavy atom. The summed E-state index contributed by atoms with van der Waals surface area (Å²) >= 11 is 0. The molecule has 0 aromatic heterocycles. The Balaban J connectivity index is 2.55. The first-order chi connectivity index (χ1) is 8.58. The second-order valence-electron chi connectivity index (χ2n) is 4.46. The van der Waals surface area contributed by atoms with Gasteiger partial charge >= 0.3 is 12.0 Å². The van der Waals surface area contributed by atoms with Crippen molar-refractivity contribution in [3.63, 3.8) is 0 Å². The molecule has 1 rings (SSSR count). The Morgan fingerprint density at radius 2 is 2.22 bits per heavy atom. The number of aliphatic hydroxyl groups excluding tert-OH is 1. The number of rotatable bonds is 6. The average Bonchev–Trinajstić information content (AvgIpc) is 2.76. The van der Waals surface area contributed by atoms with Crippen LogP contribution in [0.1, 0.15) is 12.8 Å². The van der Waals surface area contributed by atoms with Crippen LogP contribution in [0.15, 0.2) is 12.7 Å². The number of carbonyl (C=O) groups is 2. The molecule has 1 heterocycles. The van der Waals surface area contributed by atoms with E-state index in [1.807, 2.05) is 0 Å². The summed E-state index contributed by atoms with van der Waals surface area (Å²) < 4.78 is 0. The molecular formula is C12H20N2O4. The van der Waals surface area contributed by atoms with Crippen molar-refractivity contribution in [1.29, 1.82) is 0 Å². The summed E-state index contributed by atoms with van der Waals surface area (Å²) in [6, 6.07) is -0.266. The fourth-order valence-corrected chi connectivity index (χ4v) is 2.15. The lowest BCUT2D eigenvalue weighted by Crippen LogP contribution is -2.44. The average molecular weight is 256 g/mol. The van der Waals surface area contributed by atoms with E-state index in [4.69, 9.17) is 10.2 Å². The molecule has 0 aromatic rings. The molecule has 0 aromatic carbocycles. The van der Waals surface area contributed by atoms with Gasteiger partial charge in [0.05, 0.1) is 0 Å².